The van der Waals surface area contributed by atoms with E-state index < -0.39 is 0 Å². The van der Waals surface area contributed by atoms with Gasteiger partial charge in [-0.05, 0) is 44.7 Å². The third-order valence-corrected chi connectivity index (χ3v) is 4.18. The van der Waals surface area contributed by atoms with Gasteiger partial charge in [0, 0.05) is 11.2 Å². The topological polar surface area (TPSA) is 58.2 Å². The van der Waals surface area contributed by atoms with Gasteiger partial charge in [-0.3, -0.25) is 9.59 Å². The van der Waals surface area contributed by atoms with Crippen molar-refractivity contribution in [1.82, 2.24) is 5.32 Å². The van der Waals surface area contributed by atoms with E-state index in [-0.39, 0.29) is 34.3 Å². The van der Waals surface area contributed by atoms with Crippen LogP contribution in [0.5, 0.6) is 0 Å². The monoisotopic (exact) mass is 350 g/mol. The molecule has 0 heterocycles. The Balaban J connectivity index is 2.32. The van der Waals surface area contributed by atoms with Crippen LogP contribution in [0.4, 0.5) is 5.69 Å². The average molecular weight is 351 g/mol. The van der Waals surface area contributed by atoms with E-state index in [1.54, 1.807) is 0 Å². The zero-order chi connectivity index (χ0) is 18.4. The molecule has 5 heteroatoms. The third kappa shape index (κ3) is 8.96. The van der Waals surface area contributed by atoms with Gasteiger partial charge in [0.1, 0.15) is 0 Å². The molecule has 1 aromatic rings. The van der Waals surface area contributed by atoms with Crippen molar-refractivity contribution in [3.8, 4) is 0 Å². The first-order chi connectivity index (χ1) is 11.0. The van der Waals surface area contributed by atoms with E-state index in [1.165, 1.54) is 11.8 Å². The van der Waals surface area contributed by atoms with Crippen LogP contribution < -0.4 is 10.6 Å². The van der Waals surface area contributed by atoms with E-state index >= 15 is 0 Å². The van der Waals surface area contributed by atoms with Crippen LogP contribution in [0.1, 0.15) is 46.6 Å². The number of carbonyl (C=O) groups is 2. The Hall–Kier alpha value is -1.49. The molecule has 0 atom stereocenters. The minimum absolute atomic E-state index is 0.0302. The summed E-state index contributed by atoms with van der Waals surface area (Å²) in [6.45, 7) is 12.5. The molecular formula is C19H30N2O2S. The van der Waals surface area contributed by atoms with E-state index in [1.807, 2.05) is 45.0 Å². The molecule has 0 aliphatic rings. The Morgan fingerprint density at radius 1 is 0.958 bits per heavy atom. The van der Waals surface area contributed by atoms with Gasteiger partial charge in [0.15, 0.2) is 0 Å². The first-order valence-corrected chi connectivity index (χ1v) is 9.38. The van der Waals surface area contributed by atoms with Gasteiger partial charge in [0.2, 0.25) is 11.8 Å². The lowest BCUT2D eigenvalue weighted by Gasteiger charge is -2.33. The van der Waals surface area contributed by atoms with Crippen molar-refractivity contribution in [3.63, 3.8) is 0 Å². The molecule has 24 heavy (non-hydrogen) atoms. The molecule has 0 aliphatic heterocycles. The zero-order valence-electron chi connectivity index (χ0n) is 15.7. The molecule has 0 aromatic heterocycles. The average Bonchev–Trinajstić information content (AvgIpc) is 2.37. The third-order valence-electron chi connectivity index (χ3n) is 3.25. The lowest BCUT2D eigenvalue weighted by Crippen LogP contribution is -2.46. The second-order valence-corrected chi connectivity index (χ2v) is 9.06. The maximum atomic E-state index is 12.1. The number of nitrogens with one attached hydrogen (secondary N) is 2. The molecule has 2 amide bonds. The zero-order valence-corrected chi connectivity index (χ0v) is 16.5. The first-order valence-electron chi connectivity index (χ1n) is 8.22. The number of benzene rings is 1. The van der Waals surface area contributed by atoms with Crippen LogP contribution in [-0.2, 0) is 9.59 Å². The summed E-state index contributed by atoms with van der Waals surface area (Å²) < 4.78 is 0. The summed E-state index contributed by atoms with van der Waals surface area (Å²) in [4.78, 5) is 23.9. The molecule has 0 saturated heterocycles. The predicted molar refractivity (Wildman–Crippen MR) is 103 cm³/mol. The Kier molecular flexibility index (Phi) is 7.33. The van der Waals surface area contributed by atoms with E-state index in [4.69, 9.17) is 0 Å². The van der Waals surface area contributed by atoms with Gasteiger partial charge in [-0.15, -0.1) is 11.8 Å². The predicted octanol–water partition coefficient (Wildman–Crippen LogP) is 4.00. The molecular weight excluding hydrogens is 320 g/mol. The molecule has 2 N–H and O–H groups in total. The standard InChI is InChI=1S/C19H30N2O2S/c1-14-7-9-15(10-8-14)20-16(22)11-24-12-17(23)21-19(5,6)13-18(2,3)4/h7-10H,11-13H2,1-6H3,(H,20,22)(H,21,23). The molecule has 1 rings (SSSR count). The second-order valence-electron chi connectivity index (χ2n) is 8.08. The van der Waals surface area contributed by atoms with Gasteiger partial charge in [-0.2, -0.15) is 0 Å². The van der Waals surface area contributed by atoms with Crippen molar-refractivity contribution in [2.24, 2.45) is 5.41 Å². The van der Waals surface area contributed by atoms with Crippen molar-refractivity contribution in [2.75, 3.05) is 16.8 Å². The highest BCUT2D eigenvalue weighted by atomic mass is 32.2. The lowest BCUT2D eigenvalue weighted by molar-refractivity contribution is -0.120. The molecule has 0 spiro atoms. The number of anilines is 1. The van der Waals surface area contributed by atoms with Gasteiger partial charge in [-0.1, -0.05) is 38.5 Å². The smallest absolute Gasteiger partial charge is 0.234 e. The Bertz CT molecular complexity index is 560. The lowest BCUT2D eigenvalue weighted by atomic mass is 9.82. The van der Waals surface area contributed by atoms with E-state index in [2.05, 4.69) is 31.4 Å². The molecule has 0 fully saturated rings. The molecule has 4 nitrogen and oxygen atoms in total. The van der Waals surface area contributed by atoms with E-state index in [0.717, 1.165) is 17.7 Å². The van der Waals surface area contributed by atoms with E-state index in [0.29, 0.717) is 0 Å². The van der Waals surface area contributed by atoms with Gasteiger partial charge < -0.3 is 10.6 Å². The summed E-state index contributed by atoms with van der Waals surface area (Å²) in [6, 6.07) is 7.65. The molecule has 0 radical (unpaired) electrons. The molecule has 1 aromatic carbocycles. The molecule has 0 saturated carbocycles. The van der Waals surface area contributed by atoms with Crippen LogP contribution in [-0.4, -0.2) is 28.9 Å². The van der Waals surface area contributed by atoms with Crippen molar-refractivity contribution in [2.45, 2.75) is 53.5 Å². The second kappa shape index (κ2) is 8.56. The maximum absolute atomic E-state index is 12.1. The van der Waals surface area contributed by atoms with Gasteiger partial charge in [-0.25, -0.2) is 0 Å². The summed E-state index contributed by atoms with van der Waals surface area (Å²) >= 11 is 1.33. The summed E-state index contributed by atoms with van der Waals surface area (Å²) in [5.41, 5.74) is 1.83. The molecule has 134 valence electrons. The Morgan fingerprint density at radius 2 is 1.50 bits per heavy atom. The number of amides is 2. The fraction of sp³-hybridized carbons (Fsp3) is 0.579. The first kappa shape index (κ1) is 20.6. The number of hydrogen-bond acceptors (Lipinski definition) is 3. The quantitative estimate of drug-likeness (QED) is 0.781. The number of rotatable bonds is 7. The van der Waals surface area contributed by atoms with Crippen LogP contribution in [0, 0.1) is 12.3 Å². The molecule has 0 bridgehead atoms. The number of carbonyl (C=O) groups excluding carboxylic acids is 2. The molecule has 0 unspecified atom stereocenters. The fourth-order valence-corrected chi connectivity index (χ4v) is 3.47. The summed E-state index contributed by atoms with van der Waals surface area (Å²) in [6.07, 6.45) is 0.893. The minimum atomic E-state index is -0.250. The van der Waals surface area contributed by atoms with Crippen LogP contribution in [0.3, 0.4) is 0 Å². The van der Waals surface area contributed by atoms with Crippen LogP contribution in [0.15, 0.2) is 24.3 Å². The number of hydrogen-bond donors (Lipinski definition) is 2. The van der Waals surface area contributed by atoms with Gasteiger partial charge in [0.25, 0.3) is 0 Å². The van der Waals surface area contributed by atoms with E-state index in [9.17, 15) is 9.59 Å². The van der Waals surface area contributed by atoms with Crippen molar-refractivity contribution in [3.05, 3.63) is 29.8 Å². The highest BCUT2D eigenvalue weighted by molar-refractivity contribution is 8.00. The van der Waals surface area contributed by atoms with Crippen LogP contribution in [0.25, 0.3) is 0 Å². The van der Waals surface area contributed by atoms with Crippen molar-refractivity contribution < 1.29 is 9.59 Å². The Morgan fingerprint density at radius 3 is 2.04 bits per heavy atom. The number of thioether (sulfide) groups is 1. The summed E-state index contributed by atoms with van der Waals surface area (Å²) in [5.74, 6) is 0.429. The van der Waals surface area contributed by atoms with Crippen LogP contribution >= 0.6 is 11.8 Å². The van der Waals surface area contributed by atoms with Gasteiger partial charge in [0.05, 0.1) is 11.5 Å². The summed E-state index contributed by atoms with van der Waals surface area (Å²) in [7, 11) is 0. The van der Waals surface area contributed by atoms with Crippen molar-refractivity contribution in [1.29, 1.82) is 0 Å². The largest absolute Gasteiger partial charge is 0.350 e. The normalized spacial score (nSPS) is 11.9. The van der Waals surface area contributed by atoms with Crippen molar-refractivity contribution >= 4 is 29.3 Å². The van der Waals surface area contributed by atoms with Crippen LogP contribution in [0.2, 0.25) is 0 Å². The molecule has 0 aliphatic carbocycles. The fourth-order valence-electron chi connectivity index (χ4n) is 2.85. The van der Waals surface area contributed by atoms with Gasteiger partial charge >= 0.3 is 0 Å². The highest BCUT2D eigenvalue weighted by Gasteiger charge is 2.26. The maximum Gasteiger partial charge on any atom is 0.234 e. The summed E-state index contributed by atoms with van der Waals surface area (Å²) in [5, 5.41) is 5.88. The highest BCUT2D eigenvalue weighted by Crippen LogP contribution is 2.26. The minimum Gasteiger partial charge on any atom is -0.350 e. The Labute approximate surface area is 150 Å². The number of aryl methyl sites for hydroxylation is 1. The SMILES string of the molecule is Cc1ccc(NC(=O)CSCC(=O)NC(C)(C)CC(C)(C)C)cc1.